The summed E-state index contributed by atoms with van der Waals surface area (Å²) in [6, 6.07) is 7.77. The Morgan fingerprint density at radius 3 is 2.53 bits per heavy atom. The maximum absolute atomic E-state index is 13.6. The van der Waals surface area contributed by atoms with E-state index in [2.05, 4.69) is 0 Å². The second-order valence-electron chi connectivity index (χ2n) is 3.85. The fourth-order valence-corrected chi connectivity index (χ4v) is 1.77. The Kier molecular flexibility index (Phi) is 3.81. The first-order valence-corrected chi connectivity index (χ1v) is 5.79. The van der Waals surface area contributed by atoms with Crippen LogP contribution in [0.3, 0.4) is 0 Å². The number of rotatable bonds is 3. The van der Waals surface area contributed by atoms with Gasteiger partial charge < -0.3 is 4.74 Å². The molecule has 2 aromatic rings. The maximum Gasteiger partial charge on any atom is 0.166 e. The molecule has 0 spiro atoms. The van der Waals surface area contributed by atoms with E-state index < -0.39 is 17.4 Å². The van der Waals surface area contributed by atoms with Crippen molar-refractivity contribution in [1.82, 2.24) is 0 Å². The minimum atomic E-state index is -0.668. The quantitative estimate of drug-likeness (QED) is 0.768. The van der Waals surface area contributed by atoms with Crippen LogP contribution < -0.4 is 4.74 Å². The summed E-state index contributed by atoms with van der Waals surface area (Å²) in [5.74, 6) is -1.42. The first kappa shape index (κ1) is 13.5. The molecule has 0 N–H and O–H groups in total. The fraction of sp³-hybridized carbons (Fsp3) is 0.0714. The molecule has 0 aliphatic heterocycles. The molecule has 19 heavy (non-hydrogen) atoms. The topological polar surface area (TPSA) is 26.3 Å². The zero-order valence-electron chi connectivity index (χ0n) is 9.91. The Labute approximate surface area is 113 Å². The number of ether oxygens (including phenoxy) is 1. The summed E-state index contributed by atoms with van der Waals surface area (Å²) >= 11 is 5.62. The Bertz CT molecular complexity index is 641. The molecule has 0 bridgehead atoms. The van der Waals surface area contributed by atoms with Gasteiger partial charge in [-0.3, -0.25) is 4.79 Å². The van der Waals surface area contributed by atoms with Crippen molar-refractivity contribution in [2.45, 2.75) is 6.92 Å². The molecule has 0 aliphatic rings. The van der Waals surface area contributed by atoms with Crippen molar-refractivity contribution in [3.63, 3.8) is 0 Å². The third kappa shape index (κ3) is 2.90. The van der Waals surface area contributed by atoms with Crippen LogP contribution in [0.2, 0.25) is 5.02 Å². The van der Waals surface area contributed by atoms with Crippen LogP contribution >= 0.6 is 11.6 Å². The van der Waals surface area contributed by atoms with Gasteiger partial charge in [-0.15, -0.1) is 0 Å². The van der Waals surface area contributed by atoms with Crippen LogP contribution in [-0.2, 0) is 0 Å². The van der Waals surface area contributed by atoms with E-state index in [0.717, 1.165) is 6.07 Å². The van der Waals surface area contributed by atoms with Crippen LogP contribution in [0, 0.1) is 11.6 Å². The molecular formula is C14H9ClF2O2. The molecule has 0 radical (unpaired) electrons. The summed E-state index contributed by atoms with van der Waals surface area (Å²) in [6.07, 6.45) is 0. The van der Waals surface area contributed by atoms with Gasteiger partial charge in [0.1, 0.15) is 23.1 Å². The van der Waals surface area contributed by atoms with Crippen LogP contribution in [0.5, 0.6) is 11.5 Å². The second kappa shape index (κ2) is 5.36. The first-order valence-electron chi connectivity index (χ1n) is 5.41. The summed E-state index contributed by atoms with van der Waals surface area (Å²) in [6.45, 7) is 1.24. The Balaban J connectivity index is 2.40. The highest BCUT2D eigenvalue weighted by atomic mass is 35.5. The minimum absolute atomic E-state index is 0.0650. The average molecular weight is 283 g/mol. The molecule has 0 aliphatic carbocycles. The van der Waals surface area contributed by atoms with Gasteiger partial charge >= 0.3 is 0 Å². The molecule has 0 saturated carbocycles. The van der Waals surface area contributed by atoms with E-state index in [9.17, 15) is 13.6 Å². The summed E-state index contributed by atoms with van der Waals surface area (Å²) < 4.78 is 31.9. The Morgan fingerprint density at radius 2 is 1.89 bits per heavy atom. The predicted molar refractivity (Wildman–Crippen MR) is 67.9 cm³/mol. The van der Waals surface area contributed by atoms with Gasteiger partial charge in [0.25, 0.3) is 0 Å². The largest absolute Gasteiger partial charge is 0.456 e. The SMILES string of the molecule is CC(=O)c1c(F)cccc1Oc1ccc(F)c(Cl)c1. The van der Waals surface area contributed by atoms with Gasteiger partial charge in [0, 0.05) is 6.07 Å². The molecule has 0 unspecified atom stereocenters. The number of hydrogen-bond acceptors (Lipinski definition) is 2. The Hall–Kier alpha value is -1.94. The van der Waals surface area contributed by atoms with Gasteiger partial charge in [0.05, 0.1) is 10.6 Å². The minimum Gasteiger partial charge on any atom is -0.456 e. The molecule has 2 nitrogen and oxygen atoms in total. The Morgan fingerprint density at radius 1 is 1.16 bits per heavy atom. The number of halogens is 3. The van der Waals surface area contributed by atoms with E-state index in [1.54, 1.807) is 0 Å². The lowest BCUT2D eigenvalue weighted by Crippen LogP contribution is -2.00. The molecular weight excluding hydrogens is 274 g/mol. The molecule has 0 fully saturated rings. The van der Waals surface area contributed by atoms with Crippen LogP contribution in [0.1, 0.15) is 17.3 Å². The fourth-order valence-electron chi connectivity index (χ4n) is 1.60. The second-order valence-corrected chi connectivity index (χ2v) is 4.25. The van der Waals surface area contributed by atoms with Crippen molar-refractivity contribution >= 4 is 17.4 Å². The molecule has 0 amide bonds. The number of hydrogen-bond donors (Lipinski definition) is 0. The summed E-state index contributed by atoms with van der Waals surface area (Å²) in [5, 5.41) is -0.113. The molecule has 0 aromatic heterocycles. The van der Waals surface area contributed by atoms with Crippen LogP contribution in [0.25, 0.3) is 0 Å². The summed E-state index contributed by atoms with van der Waals surface area (Å²) in [4.78, 5) is 11.4. The molecule has 5 heteroatoms. The smallest absolute Gasteiger partial charge is 0.166 e. The molecule has 2 rings (SSSR count). The van der Waals surface area contributed by atoms with E-state index >= 15 is 0 Å². The molecule has 98 valence electrons. The molecule has 0 heterocycles. The van der Waals surface area contributed by atoms with Crippen LogP contribution in [0.4, 0.5) is 8.78 Å². The summed E-state index contributed by atoms with van der Waals surface area (Å²) in [5.41, 5.74) is -0.150. The van der Waals surface area contributed by atoms with E-state index in [1.807, 2.05) is 0 Å². The molecule has 2 aromatic carbocycles. The lowest BCUT2D eigenvalue weighted by molar-refractivity contribution is 0.101. The van der Waals surface area contributed by atoms with Gasteiger partial charge in [-0.1, -0.05) is 17.7 Å². The van der Waals surface area contributed by atoms with E-state index in [4.69, 9.17) is 16.3 Å². The average Bonchev–Trinajstić information content (AvgIpc) is 2.33. The van der Waals surface area contributed by atoms with Gasteiger partial charge in [-0.2, -0.15) is 0 Å². The highest BCUT2D eigenvalue weighted by molar-refractivity contribution is 6.30. The van der Waals surface area contributed by atoms with E-state index in [-0.39, 0.29) is 22.1 Å². The standard InChI is InChI=1S/C14H9ClF2O2/c1-8(18)14-12(17)3-2-4-13(14)19-9-5-6-11(16)10(15)7-9/h2-7H,1H3. The zero-order valence-corrected chi connectivity index (χ0v) is 10.7. The van der Waals surface area contributed by atoms with Gasteiger partial charge in [0.15, 0.2) is 5.78 Å². The van der Waals surface area contributed by atoms with Crippen molar-refractivity contribution in [3.05, 3.63) is 58.6 Å². The van der Waals surface area contributed by atoms with Crippen LogP contribution in [0.15, 0.2) is 36.4 Å². The van der Waals surface area contributed by atoms with Gasteiger partial charge in [-0.05, 0) is 31.2 Å². The van der Waals surface area contributed by atoms with E-state index in [0.29, 0.717) is 0 Å². The number of carbonyl (C=O) groups excluding carboxylic acids is 1. The van der Waals surface area contributed by atoms with E-state index in [1.165, 1.54) is 37.3 Å². The van der Waals surface area contributed by atoms with Crippen molar-refractivity contribution in [3.8, 4) is 11.5 Å². The predicted octanol–water partition coefficient (Wildman–Crippen LogP) is 4.61. The van der Waals surface area contributed by atoms with Crippen molar-refractivity contribution < 1.29 is 18.3 Å². The number of carbonyl (C=O) groups is 1. The summed E-state index contributed by atoms with van der Waals surface area (Å²) in [7, 11) is 0. The van der Waals surface area contributed by atoms with Crippen molar-refractivity contribution in [1.29, 1.82) is 0 Å². The van der Waals surface area contributed by atoms with Crippen LogP contribution in [-0.4, -0.2) is 5.78 Å². The van der Waals surface area contributed by atoms with Crippen molar-refractivity contribution in [2.75, 3.05) is 0 Å². The highest BCUT2D eigenvalue weighted by Crippen LogP contribution is 2.29. The lowest BCUT2D eigenvalue weighted by Gasteiger charge is -2.10. The van der Waals surface area contributed by atoms with Crippen molar-refractivity contribution in [2.24, 2.45) is 0 Å². The number of Topliss-reactive ketones (excluding diaryl/α,β-unsaturated/α-hetero) is 1. The highest BCUT2D eigenvalue weighted by Gasteiger charge is 2.15. The zero-order chi connectivity index (χ0) is 14.0. The third-order valence-electron chi connectivity index (χ3n) is 2.45. The van der Waals surface area contributed by atoms with Gasteiger partial charge in [0.2, 0.25) is 0 Å². The molecule has 0 saturated heterocycles. The lowest BCUT2D eigenvalue weighted by atomic mass is 10.1. The number of benzene rings is 2. The molecule has 0 atom stereocenters. The van der Waals surface area contributed by atoms with Gasteiger partial charge in [-0.25, -0.2) is 8.78 Å². The maximum atomic E-state index is 13.6. The number of ketones is 1. The third-order valence-corrected chi connectivity index (χ3v) is 2.74. The monoisotopic (exact) mass is 282 g/mol. The first-order chi connectivity index (χ1) is 8.99. The normalized spacial score (nSPS) is 10.3.